The minimum absolute atomic E-state index is 0.0128. The maximum absolute atomic E-state index is 14.2. The van der Waals surface area contributed by atoms with E-state index in [1.807, 2.05) is 43.3 Å². The van der Waals surface area contributed by atoms with Crippen LogP contribution in [0.2, 0.25) is 0 Å². The summed E-state index contributed by atoms with van der Waals surface area (Å²) in [5.74, 6) is 1.72. The van der Waals surface area contributed by atoms with Crippen molar-refractivity contribution in [3.05, 3.63) is 41.5 Å². The number of ether oxygens (including phenoxy) is 3. The van der Waals surface area contributed by atoms with Gasteiger partial charge in [-0.3, -0.25) is 14.4 Å². The van der Waals surface area contributed by atoms with Gasteiger partial charge in [0.1, 0.15) is 17.9 Å². The molecule has 2 bridgehead atoms. The molecule has 12 nitrogen and oxygen atoms in total. The summed E-state index contributed by atoms with van der Waals surface area (Å²) in [4.78, 5) is 35.7. The number of rotatable bonds is 12. The molecule has 2 aromatic rings. The van der Waals surface area contributed by atoms with Gasteiger partial charge in [0.05, 0.1) is 31.9 Å². The van der Waals surface area contributed by atoms with E-state index in [4.69, 9.17) is 19.0 Å². The zero-order valence-corrected chi connectivity index (χ0v) is 29.7. The Labute approximate surface area is 289 Å². The van der Waals surface area contributed by atoms with Gasteiger partial charge < -0.3 is 40.0 Å². The van der Waals surface area contributed by atoms with Crippen LogP contribution >= 0.6 is 0 Å². The standard InChI is InChI=1S/C37H52N4O8/c1-20-27-15-24(37(27,3)4)16-28(20)39-36(45)32-31(21(2)43)30(18-42)49-41(32)17-22-9-8-10-25(33(22)46-7)23-13-26(34-29(14-23)47-19-48-34)35(44)38-11-12-40(5)6/h8-10,13-14,20-21,24,27-28,30-32,42-43H,11-12,15-19H2,1-7H3,(H,38,44)(H,39,45)/t20-,21-,24+,27-,28-,30-,31+,32-/m0/s1. The summed E-state index contributed by atoms with van der Waals surface area (Å²) in [6, 6.07) is 8.46. The molecular formula is C37H52N4O8. The number of nitrogens with zero attached hydrogens (tertiary/aromatic N) is 2. The first kappa shape index (κ1) is 35.4. The van der Waals surface area contributed by atoms with Crippen LogP contribution in [0, 0.1) is 29.1 Å². The number of aliphatic hydroxyl groups is 2. The summed E-state index contributed by atoms with van der Waals surface area (Å²) < 4.78 is 17.4. The molecule has 0 spiro atoms. The second-order valence-corrected chi connectivity index (χ2v) is 15.0. The van der Waals surface area contributed by atoms with Gasteiger partial charge in [-0.05, 0) is 74.7 Å². The van der Waals surface area contributed by atoms with Crippen LogP contribution in [0.3, 0.4) is 0 Å². The summed E-state index contributed by atoms with van der Waals surface area (Å²) >= 11 is 0. The van der Waals surface area contributed by atoms with Crippen molar-refractivity contribution in [2.45, 2.75) is 71.4 Å². The lowest BCUT2D eigenvalue weighted by Crippen LogP contribution is -2.62. The van der Waals surface area contributed by atoms with Crippen molar-refractivity contribution >= 4 is 11.8 Å². The number of hydroxylamine groups is 2. The van der Waals surface area contributed by atoms with Crippen molar-refractivity contribution in [3.8, 4) is 28.4 Å². The Hall–Kier alpha value is -3.42. The van der Waals surface area contributed by atoms with Gasteiger partial charge in [-0.15, -0.1) is 0 Å². The number of methoxy groups -OCH3 is 1. The first-order chi connectivity index (χ1) is 23.3. The lowest BCUT2D eigenvalue weighted by molar-refractivity contribution is -0.183. The maximum atomic E-state index is 14.2. The highest BCUT2D eigenvalue weighted by molar-refractivity contribution is 5.99. The molecule has 3 saturated carbocycles. The predicted octanol–water partition coefficient (Wildman–Crippen LogP) is 3.04. The molecule has 4 fully saturated rings. The number of nitrogens with one attached hydrogen (secondary N) is 2. The van der Waals surface area contributed by atoms with Gasteiger partial charge in [0, 0.05) is 36.2 Å². The third-order valence-corrected chi connectivity index (χ3v) is 11.6. The van der Waals surface area contributed by atoms with Crippen LogP contribution in [0.5, 0.6) is 17.2 Å². The van der Waals surface area contributed by atoms with E-state index in [1.54, 1.807) is 25.2 Å². The number of hydrogen-bond donors (Lipinski definition) is 4. The zero-order chi connectivity index (χ0) is 35.2. The van der Waals surface area contributed by atoms with Crippen molar-refractivity contribution in [2.24, 2.45) is 29.1 Å². The van der Waals surface area contributed by atoms with Crippen LogP contribution in [0.1, 0.15) is 56.5 Å². The fraction of sp³-hybridized carbons (Fsp3) is 0.622. The smallest absolute Gasteiger partial charge is 0.255 e. The summed E-state index contributed by atoms with van der Waals surface area (Å²) in [7, 11) is 5.46. The lowest BCUT2D eigenvalue weighted by Gasteiger charge is -2.62. The molecule has 7 rings (SSSR count). The molecule has 2 amide bonds. The number of carbonyl (C=O) groups is 2. The Kier molecular flexibility index (Phi) is 10.2. The second kappa shape index (κ2) is 14.1. The van der Waals surface area contributed by atoms with Crippen molar-refractivity contribution in [1.82, 2.24) is 20.6 Å². The molecule has 2 aliphatic heterocycles. The Morgan fingerprint density at radius 1 is 1.18 bits per heavy atom. The van der Waals surface area contributed by atoms with Gasteiger partial charge in [0.25, 0.3) is 5.91 Å². The van der Waals surface area contributed by atoms with Crippen molar-refractivity contribution in [2.75, 3.05) is 47.7 Å². The van der Waals surface area contributed by atoms with Gasteiger partial charge in [0.15, 0.2) is 11.5 Å². The quantitative estimate of drug-likeness (QED) is 0.264. The minimum Gasteiger partial charge on any atom is -0.496 e. The largest absolute Gasteiger partial charge is 0.496 e. The van der Waals surface area contributed by atoms with Crippen LogP contribution in [-0.2, 0) is 16.2 Å². The third kappa shape index (κ3) is 6.61. The zero-order valence-electron chi connectivity index (χ0n) is 29.7. The van der Waals surface area contributed by atoms with Crippen LogP contribution in [-0.4, -0.2) is 104 Å². The van der Waals surface area contributed by atoms with E-state index in [0.29, 0.717) is 64.8 Å². The molecule has 3 aliphatic carbocycles. The fourth-order valence-corrected chi connectivity index (χ4v) is 8.65. The van der Waals surface area contributed by atoms with Gasteiger partial charge in [-0.25, -0.2) is 0 Å². The second-order valence-electron chi connectivity index (χ2n) is 15.0. The lowest BCUT2D eigenvalue weighted by atomic mass is 9.45. The van der Waals surface area contributed by atoms with Crippen LogP contribution in [0.15, 0.2) is 30.3 Å². The molecule has 1 saturated heterocycles. The normalized spacial score (nSPS) is 29.0. The maximum Gasteiger partial charge on any atom is 0.255 e. The predicted molar refractivity (Wildman–Crippen MR) is 183 cm³/mol. The topological polar surface area (TPSA) is 142 Å². The first-order valence-corrected chi connectivity index (χ1v) is 17.4. The molecule has 268 valence electrons. The number of para-hydroxylation sites is 1. The number of fused-ring (bicyclic) bond motifs is 3. The minimum atomic E-state index is -0.904. The van der Waals surface area contributed by atoms with E-state index in [-0.39, 0.29) is 43.2 Å². The third-order valence-electron chi connectivity index (χ3n) is 11.6. The number of aliphatic hydroxyl groups excluding tert-OH is 2. The van der Waals surface area contributed by atoms with Crippen LogP contribution < -0.4 is 24.8 Å². The molecule has 0 unspecified atom stereocenters. The van der Waals surface area contributed by atoms with E-state index >= 15 is 0 Å². The van der Waals surface area contributed by atoms with E-state index in [9.17, 15) is 19.8 Å². The monoisotopic (exact) mass is 680 g/mol. The Morgan fingerprint density at radius 2 is 1.96 bits per heavy atom. The number of amides is 2. The van der Waals surface area contributed by atoms with Crippen molar-refractivity contribution in [3.63, 3.8) is 0 Å². The average molecular weight is 681 g/mol. The molecule has 2 aromatic carbocycles. The van der Waals surface area contributed by atoms with E-state index in [0.717, 1.165) is 12.0 Å². The Balaban J connectivity index is 1.28. The van der Waals surface area contributed by atoms with Gasteiger partial charge in [-0.2, -0.15) is 5.06 Å². The molecule has 5 aliphatic rings. The van der Waals surface area contributed by atoms with E-state index in [1.165, 1.54) is 6.42 Å². The molecule has 4 N–H and O–H groups in total. The van der Waals surface area contributed by atoms with Gasteiger partial charge in [0.2, 0.25) is 12.7 Å². The molecule has 49 heavy (non-hydrogen) atoms. The number of carbonyl (C=O) groups excluding carboxylic acids is 2. The molecule has 12 heteroatoms. The van der Waals surface area contributed by atoms with Crippen molar-refractivity contribution in [1.29, 1.82) is 0 Å². The van der Waals surface area contributed by atoms with E-state index < -0.39 is 24.2 Å². The highest BCUT2D eigenvalue weighted by atomic mass is 16.7. The van der Waals surface area contributed by atoms with Gasteiger partial charge in [-0.1, -0.05) is 39.0 Å². The molecule has 8 atom stereocenters. The van der Waals surface area contributed by atoms with Crippen molar-refractivity contribution < 1.29 is 38.9 Å². The molecular weight excluding hydrogens is 628 g/mol. The summed E-state index contributed by atoms with van der Waals surface area (Å²) in [6.07, 6.45) is 0.458. The SMILES string of the molecule is COc1c(CN2O[C@@H](CO)[C@@H]([C@H](C)O)[C@H]2C(=O)N[C@H]2C[C@H]3C[C@@H]([C@@H]2C)C3(C)C)cccc1-c1cc2c(c(C(=O)NCCN(C)C)c1)OCO2. The Bertz CT molecular complexity index is 1550. The first-order valence-electron chi connectivity index (χ1n) is 17.4. The fourth-order valence-electron chi connectivity index (χ4n) is 8.65. The summed E-state index contributed by atoms with van der Waals surface area (Å²) in [5, 5.41) is 29.0. The average Bonchev–Trinajstić information content (AvgIpc) is 3.69. The van der Waals surface area contributed by atoms with E-state index in [2.05, 4.69) is 31.4 Å². The van der Waals surface area contributed by atoms with Crippen LogP contribution in [0.25, 0.3) is 11.1 Å². The highest BCUT2D eigenvalue weighted by Crippen LogP contribution is 2.61. The summed E-state index contributed by atoms with van der Waals surface area (Å²) in [5.41, 5.74) is 2.78. The van der Waals surface area contributed by atoms with Gasteiger partial charge >= 0.3 is 0 Å². The number of likely N-dealkylation sites (N-methyl/N-ethyl adjacent to an activating group) is 1. The summed E-state index contributed by atoms with van der Waals surface area (Å²) in [6.45, 7) is 9.49. The molecule has 0 aromatic heterocycles. The molecule has 2 heterocycles. The number of benzene rings is 2. The van der Waals surface area contributed by atoms with Crippen LogP contribution in [0.4, 0.5) is 0 Å². The Morgan fingerprint density at radius 3 is 2.61 bits per heavy atom. The molecule has 0 radical (unpaired) electrons. The number of hydrogen-bond acceptors (Lipinski definition) is 10. The highest BCUT2D eigenvalue weighted by Gasteiger charge is 2.57.